The maximum Gasteiger partial charge on any atom is 0.416 e. The predicted octanol–water partition coefficient (Wildman–Crippen LogP) is 6.15. The molecule has 3 rings (SSSR count). The van der Waals surface area contributed by atoms with Crippen molar-refractivity contribution in [2.75, 3.05) is 4.31 Å². The van der Waals surface area contributed by atoms with E-state index >= 15 is 0 Å². The van der Waals surface area contributed by atoms with Crippen molar-refractivity contribution in [2.24, 2.45) is 0 Å². The van der Waals surface area contributed by atoms with Gasteiger partial charge in [-0.1, -0.05) is 31.2 Å². The Morgan fingerprint density at radius 3 is 2.06 bits per heavy atom. The highest BCUT2D eigenvalue weighted by atomic mass is 32.2. The number of aryl methyl sites for hydroxylation is 1. The molecule has 6 nitrogen and oxygen atoms in total. The highest BCUT2D eigenvalue weighted by Crippen LogP contribution is 2.40. The minimum atomic E-state index is -4.67. The summed E-state index contributed by atoms with van der Waals surface area (Å²) in [6.07, 6.45) is -3.95. The fourth-order valence-electron chi connectivity index (χ4n) is 3.59. The summed E-state index contributed by atoms with van der Waals surface area (Å²) in [4.78, 5) is 11.1. The quantitative estimate of drug-likeness (QED) is 0.365. The van der Waals surface area contributed by atoms with Crippen LogP contribution in [0.4, 0.5) is 18.9 Å². The van der Waals surface area contributed by atoms with E-state index in [0.29, 0.717) is 5.56 Å². The minimum absolute atomic E-state index is 0.00325. The van der Waals surface area contributed by atoms with Crippen LogP contribution in [0.5, 0.6) is 5.75 Å². The molecule has 0 aliphatic heterocycles. The largest absolute Gasteiger partial charge is 0.487 e. The molecule has 0 aliphatic carbocycles. The van der Waals surface area contributed by atoms with Crippen LogP contribution in [0.15, 0.2) is 71.6 Å². The number of anilines is 1. The van der Waals surface area contributed by atoms with Crippen molar-refractivity contribution >= 4 is 21.7 Å². The van der Waals surface area contributed by atoms with Crippen LogP contribution in [-0.4, -0.2) is 25.5 Å². The van der Waals surface area contributed by atoms with Crippen LogP contribution < -0.4 is 9.04 Å². The van der Waals surface area contributed by atoms with E-state index in [-0.39, 0.29) is 28.5 Å². The van der Waals surface area contributed by atoms with E-state index in [0.717, 1.165) is 34.5 Å². The highest BCUT2D eigenvalue weighted by molar-refractivity contribution is 7.92. The number of halogens is 3. The number of carboxylic acid groups (broad SMARTS) is 1. The molecule has 0 aromatic heterocycles. The van der Waals surface area contributed by atoms with E-state index < -0.39 is 33.8 Å². The van der Waals surface area contributed by atoms with Crippen LogP contribution in [0.2, 0.25) is 0 Å². The van der Waals surface area contributed by atoms with Crippen molar-refractivity contribution in [2.45, 2.75) is 50.9 Å². The Morgan fingerprint density at radius 1 is 0.972 bits per heavy atom. The lowest BCUT2D eigenvalue weighted by Crippen LogP contribution is -2.37. The molecule has 0 radical (unpaired) electrons. The first-order valence-corrected chi connectivity index (χ1v) is 12.6. The molecular weight excluding hydrogens is 495 g/mol. The van der Waals surface area contributed by atoms with Crippen LogP contribution in [0.3, 0.4) is 0 Å². The van der Waals surface area contributed by atoms with Crippen molar-refractivity contribution < 1.29 is 36.2 Å². The van der Waals surface area contributed by atoms with Crippen molar-refractivity contribution in [3.8, 4) is 5.75 Å². The summed E-state index contributed by atoms with van der Waals surface area (Å²) in [5.74, 6) is -1.39. The molecule has 3 aromatic carbocycles. The van der Waals surface area contributed by atoms with Gasteiger partial charge in [-0.25, -0.2) is 13.2 Å². The summed E-state index contributed by atoms with van der Waals surface area (Å²) in [7, 11) is -4.14. The summed E-state index contributed by atoms with van der Waals surface area (Å²) in [5, 5.41) is 9.04. The van der Waals surface area contributed by atoms with Gasteiger partial charge in [-0.3, -0.25) is 4.31 Å². The second-order valence-corrected chi connectivity index (χ2v) is 10.2. The Hall–Kier alpha value is -3.53. The number of ether oxygens (including phenoxy) is 1. The molecule has 10 heteroatoms. The number of aromatic carboxylic acids is 1. The first-order valence-electron chi connectivity index (χ1n) is 11.1. The lowest BCUT2D eigenvalue weighted by atomic mass is 10.1. The van der Waals surface area contributed by atoms with Crippen LogP contribution >= 0.6 is 0 Å². The third kappa shape index (κ3) is 5.99. The standard InChI is InChI=1S/C26H26F3NO5S/c1-4-18-7-12-22(13-8-18)36(33,34)30(17(2)3)23-14-11-21(26(27,28)29)15-24(23)35-16-19-5-9-20(10-6-19)25(31)32/h5-15,17H,4,16H2,1-3H3,(H,31,32). The number of carbonyl (C=O) groups is 1. The number of hydrogen-bond donors (Lipinski definition) is 1. The predicted molar refractivity (Wildman–Crippen MR) is 130 cm³/mol. The number of alkyl halides is 3. The first kappa shape index (κ1) is 27.1. The molecule has 0 atom stereocenters. The molecule has 0 aliphatic rings. The summed E-state index contributed by atoms with van der Waals surface area (Å²) in [6, 6.07) is 14.0. The molecule has 0 unspecified atom stereocenters. The molecule has 36 heavy (non-hydrogen) atoms. The monoisotopic (exact) mass is 521 g/mol. The van der Waals surface area contributed by atoms with Gasteiger partial charge in [-0.2, -0.15) is 13.2 Å². The van der Waals surface area contributed by atoms with E-state index in [1.54, 1.807) is 26.0 Å². The highest BCUT2D eigenvalue weighted by Gasteiger charge is 2.34. The number of hydrogen-bond acceptors (Lipinski definition) is 4. The molecule has 0 bridgehead atoms. The Balaban J connectivity index is 2.05. The van der Waals surface area contributed by atoms with Crippen molar-refractivity contribution in [3.05, 3.63) is 89.0 Å². The van der Waals surface area contributed by atoms with Crippen molar-refractivity contribution in [1.82, 2.24) is 0 Å². The van der Waals surface area contributed by atoms with Crippen LogP contribution in [-0.2, 0) is 29.2 Å². The Morgan fingerprint density at radius 2 is 1.56 bits per heavy atom. The third-order valence-electron chi connectivity index (χ3n) is 5.48. The number of benzene rings is 3. The fraction of sp³-hybridized carbons (Fsp3) is 0.269. The topological polar surface area (TPSA) is 83.9 Å². The van der Waals surface area contributed by atoms with E-state index in [4.69, 9.17) is 9.84 Å². The molecule has 1 N–H and O–H groups in total. The maximum absolute atomic E-state index is 13.6. The van der Waals surface area contributed by atoms with Crippen molar-refractivity contribution in [3.63, 3.8) is 0 Å². The summed E-state index contributed by atoms with van der Waals surface area (Å²) in [5.41, 5.74) is 0.454. The van der Waals surface area contributed by atoms with Gasteiger partial charge in [0.05, 0.1) is 21.7 Å². The normalized spacial score (nSPS) is 12.0. The molecule has 3 aromatic rings. The van der Waals surface area contributed by atoms with Gasteiger partial charge in [-0.15, -0.1) is 0 Å². The molecule has 0 fully saturated rings. The zero-order valence-corrected chi connectivity index (χ0v) is 20.7. The number of rotatable bonds is 9. The van der Waals surface area contributed by atoms with Crippen LogP contribution in [0.25, 0.3) is 0 Å². The molecule has 192 valence electrons. The Kier molecular flexibility index (Phi) is 7.98. The SMILES string of the molecule is CCc1ccc(S(=O)(=O)N(c2ccc(C(F)(F)F)cc2OCc2ccc(C(=O)O)cc2)C(C)C)cc1. The molecule has 0 amide bonds. The average Bonchev–Trinajstić information content (AvgIpc) is 2.82. The van der Waals surface area contributed by atoms with Gasteiger partial charge in [0.2, 0.25) is 0 Å². The van der Waals surface area contributed by atoms with Crippen LogP contribution in [0.1, 0.15) is 47.8 Å². The van der Waals surface area contributed by atoms with Crippen LogP contribution in [0, 0.1) is 0 Å². The molecule has 0 heterocycles. The average molecular weight is 522 g/mol. The lowest BCUT2D eigenvalue weighted by molar-refractivity contribution is -0.137. The number of carboxylic acids is 1. The summed E-state index contributed by atoms with van der Waals surface area (Å²) < 4.78 is 74.3. The van der Waals surface area contributed by atoms with Gasteiger partial charge in [0.15, 0.2) is 0 Å². The Bertz CT molecular complexity index is 1320. The summed E-state index contributed by atoms with van der Waals surface area (Å²) in [6.45, 7) is 4.96. The molecular formula is C26H26F3NO5S. The second-order valence-electron chi connectivity index (χ2n) is 8.36. The van der Waals surface area contributed by atoms with Gasteiger partial charge < -0.3 is 9.84 Å². The first-order chi connectivity index (χ1) is 16.8. The van der Waals surface area contributed by atoms with Gasteiger partial charge >= 0.3 is 12.1 Å². The zero-order chi connectivity index (χ0) is 26.7. The van der Waals surface area contributed by atoms with E-state index in [9.17, 15) is 26.4 Å². The van der Waals surface area contributed by atoms with E-state index in [1.165, 1.54) is 36.4 Å². The lowest BCUT2D eigenvalue weighted by Gasteiger charge is -2.30. The minimum Gasteiger partial charge on any atom is -0.487 e. The van der Waals surface area contributed by atoms with Gasteiger partial charge in [-0.05, 0) is 73.9 Å². The number of sulfonamides is 1. The maximum atomic E-state index is 13.6. The Labute approximate surface area is 208 Å². The number of nitrogens with zero attached hydrogens (tertiary/aromatic N) is 1. The van der Waals surface area contributed by atoms with E-state index in [1.807, 2.05) is 6.92 Å². The second kappa shape index (κ2) is 10.6. The zero-order valence-electron chi connectivity index (χ0n) is 19.9. The van der Waals surface area contributed by atoms with Gasteiger partial charge in [0.1, 0.15) is 12.4 Å². The molecule has 0 saturated heterocycles. The van der Waals surface area contributed by atoms with Crippen molar-refractivity contribution in [1.29, 1.82) is 0 Å². The smallest absolute Gasteiger partial charge is 0.416 e. The molecule has 0 saturated carbocycles. The van der Waals surface area contributed by atoms with E-state index in [2.05, 4.69) is 0 Å². The molecule has 0 spiro atoms. The van der Waals surface area contributed by atoms with Gasteiger partial charge in [0, 0.05) is 6.04 Å². The summed E-state index contributed by atoms with van der Waals surface area (Å²) >= 11 is 0. The fourth-order valence-corrected chi connectivity index (χ4v) is 5.26. The van der Waals surface area contributed by atoms with Gasteiger partial charge in [0.25, 0.3) is 10.0 Å². The third-order valence-corrected chi connectivity index (χ3v) is 7.48.